The lowest BCUT2D eigenvalue weighted by atomic mass is 9.92. The Morgan fingerprint density at radius 2 is 1.96 bits per heavy atom. The largest absolute Gasteiger partial charge is 0.356 e. The highest BCUT2D eigenvalue weighted by Gasteiger charge is 2.29. The highest BCUT2D eigenvalue weighted by molar-refractivity contribution is 5.83. The van der Waals surface area contributed by atoms with Crippen LogP contribution in [0.5, 0.6) is 0 Å². The number of amides is 2. The van der Waals surface area contributed by atoms with Crippen molar-refractivity contribution in [2.24, 2.45) is 11.8 Å². The van der Waals surface area contributed by atoms with Crippen molar-refractivity contribution in [1.82, 2.24) is 10.2 Å². The number of hydrogen-bond donors (Lipinski definition) is 1. The van der Waals surface area contributed by atoms with Gasteiger partial charge in [0, 0.05) is 25.6 Å². The van der Waals surface area contributed by atoms with Crippen molar-refractivity contribution in [2.75, 3.05) is 19.6 Å². The smallest absolute Gasteiger partial charge is 0.230 e. The van der Waals surface area contributed by atoms with Gasteiger partial charge >= 0.3 is 0 Å². The molecule has 1 aliphatic rings. The molecule has 0 saturated carbocycles. The van der Waals surface area contributed by atoms with Crippen LogP contribution >= 0.6 is 0 Å². The summed E-state index contributed by atoms with van der Waals surface area (Å²) in [5.74, 6) is 0.625. The third kappa shape index (κ3) is 4.83. The van der Waals surface area contributed by atoms with Gasteiger partial charge in [-0.3, -0.25) is 9.59 Å². The van der Waals surface area contributed by atoms with Gasteiger partial charge in [0.1, 0.15) is 0 Å². The van der Waals surface area contributed by atoms with Crippen molar-refractivity contribution in [3.05, 3.63) is 35.9 Å². The molecule has 1 aromatic carbocycles. The first-order chi connectivity index (χ1) is 11.5. The molecule has 1 heterocycles. The van der Waals surface area contributed by atoms with Crippen molar-refractivity contribution < 1.29 is 9.59 Å². The molecular formula is C20H30N2O2. The maximum absolute atomic E-state index is 13.0. The van der Waals surface area contributed by atoms with Gasteiger partial charge in [0.05, 0.1) is 5.92 Å². The number of likely N-dealkylation sites (tertiary alicyclic amines) is 1. The van der Waals surface area contributed by atoms with Gasteiger partial charge in [-0.15, -0.1) is 0 Å². The SMILES string of the molecule is CCC(C(=O)N1CCCC(CNC(=O)C(C)C)C1)c1ccccc1. The van der Waals surface area contributed by atoms with E-state index in [4.69, 9.17) is 0 Å². The predicted molar refractivity (Wildman–Crippen MR) is 96.6 cm³/mol. The molecule has 1 aromatic rings. The molecule has 0 radical (unpaired) electrons. The number of rotatable bonds is 6. The molecule has 1 saturated heterocycles. The van der Waals surface area contributed by atoms with Gasteiger partial charge in [0.15, 0.2) is 0 Å². The Kier molecular flexibility index (Phi) is 6.83. The third-order valence-electron chi connectivity index (χ3n) is 4.83. The zero-order valence-corrected chi connectivity index (χ0v) is 15.1. The Hall–Kier alpha value is -1.84. The third-order valence-corrected chi connectivity index (χ3v) is 4.83. The predicted octanol–water partition coefficient (Wildman–Crippen LogP) is 3.19. The van der Waals surface area contributed by atoms with E-state index in [1.807, 2.05) is 49.1 Å². The minimum atomic E-state index is -0.0600. The molecule has 4 heteroatoms. The van der Waals surface area contributed by atoms with Crippen LogP contribution in [-0.4, -0.2) is 36.3 Å². The summed E-state index contributed by atoms with van der Waals surface area (Å²) in [4.78, 5) is 26.7. The number of carbonyl (C=O) groups is 2. The molecule has 24 heavy (non-hydrogen) atoms. The Labute approximate surface area is 145 Å². The fourth-order valence-electron chi connectivity index (χ4n) is 3.34. The van der Waals surface area contributed by atoms with Crippen molar-refractivity contribution in [2.45, 2.75) is 46.0 Å². The second-order valence-corrected chi connectivity index (χ2v) is 7.06. The first-order valence-corrected chi connectivity index (χ1v) is 9.14. The molecule has 2 unspecified atom stereocenters. The normalized spacial score (nSPS) is 19.2. The minimum Gasteiger partial charge on any atom is -0.356 e. The Morgan fingerprint density at radius 3 is 2.58 bits per heavy atom. The van der Waals surface area contributed by atoms with Crippen LogP contribution in [0.2, 0.25) is 0 Å². The van der Waals surface area contributed by atoms with Gasteiger partial charge in [0.25, 0.3) is 0 Å². The van der Waals surface area contributed by atoms with Crippen molar-refractivity contribution in [3.8, 4) is 0 Å². The van der Waals surface area contributed by atoms with E-state index >= 15 is 0 Å². The first-order valence-electron chi connectivity index (χ1n) is 9.14. The topological polar surface area (TPSA) is 49.4 Å². The Morgan fingerprint density at radius 1 is 1.25 bits per heavy atom. The van der Waals surface area contributed by atoms with Gasteiger partial charge < -0.3 is 10.2 Å². The number of benzene rings is 1. The maximum atomic E-state index is 13.0. The van der Waals surface area contributed by atoms with E-state index in [0.717, 1.165) is 37.9 Å². The van der Waals surface area contributed by atoms with Crippen LogP contribution in [0.25, 0.3) is 0 Å². The summed E-state index contributed by atoms with van der Waals surface area (Å²) in [6, 6.07) is 10.0. The van der Waals surface area contributed by atoms with Crippen LogP contribution < -0.4 is 5.32 Å². The summed E-state index contributed by atoms with van der Waals surface area (Å²) in [5, 5.41) is 3.01. The summed E-state index contributed by atoms with van der Waals surface area (Å²) < 4.78 is 0. The molecule has 4 nitrogen and oxygen atoms in total. The van der Waals surface area contributed by atoms with Gasteiger partial charge in [-0.2, -0.15) is 0 Å². The van der Waals surface area contributed by atoms with Gasteiger partial charge in [-0.1, -0.05) is 51.1 Å². The summed E-state index contributed by atoms with van der Waals surface area (Å²) in [7, 11) is 0. The second kappa shape index (κ2) is 8.86. The number of nitrogens with zero attached hydrogens (tertiary/aromatic N) is 1. The standard InChI is InChI=1S/C20H30N2O2/c1-4-18(17-10-6-5-7-11-17)20(24)22-12-8-9-16(14-22)13-21-19(23)15(2)3/h5-7,10-11,15-16,18H,4,8-9,12-14H2,1-3H3,(H,21,23). The van der Waals surface area contributed by atoms with Crippen LogP contribution in [0.1, 0.15) is 51.5 Å². The van der Waals surface area contributed by atoms with E-state index in [1.54, 1.807) is 0 Å². The summed E-state index contributed by atoms with van der Waals surface area (Å²) in [6.45, 7) is 8.12. The zero-order chi connectivity index (χ0) is 17.5. The molecule has 132 valence electrons. The highest BCUT2D eigenvalue weighted by atomic mass is 16.2. The molecule has 0 spiro atoms. The first kappa shape index (κ1) is 18.5. The highest BCUT2D eigenvalue weighted by Crippen LogP contribution is 2.25. The molecule has 0 aliphatic carbocycles. The average molecular weight is 330 g/mol. The molecule has 1 fully saturated rings. The average Bonchev–Trinajstić information content (AvgIpc) is 2.61. The molecule has 2 rings (SSSR count). The quantitative estimate of drug-likeness (QED) is 0.871. The summed E-state index contributed by atoms with van der Waals surface area (Å²) in [5.41, 5.74) is 1.10. The van der Waals surface area contributed by atoms with Crippen LogP contribution in [-0.2, 0) is 9.59 Å². The number of hydrogen-bond acceptors (Lipinski definition) is 2. The summed E-state index contributed by atoms with van der Waals surface area (Å²) in [6.07, 6.45) is 2.90. The lowest BCUT2D eigenvalue weighted by Crippen LogP contribution is -2.45. The van der Waals surface area contributed by atoms with E-state index in [1.165, 1.54) is 0 Å². The zero-order valence-electron chi connectivity index (χ0n) is 15.1. The fourth-order valence-corrected chi connectivity index (χ4v) is 3.34. The lowest BCUT2D eigenvalue weighted by molar-refractivity contribution is -0.134. The number of nitrogens with one attached hydrogen (secondary N) is 1. The Balaban J connectivity index is 1.95. The fraction of sp³-hybridized carbons (Fsp3) is 0.600. The van der Waals surface area contributed by atoms with Crippen LogP contribution in [0.4, 0.5) is 0 Å². The molecule has 0 aromatic heterocycles. The second-order valence-electron chi connectivity index (χ2n) is 7.06. The van der Waals surface area contributed by atoms with E-state index < -0.39 is 0 Å². The molecular weight excluding hydrogens is 300 g/mol. The molecule has 1 aliphatic heterocycles. The summed E-state index contributed by atoms with van der Waals surface area (Å²) >= 11 is 0. The van der Waals surface area contributed by atoms with Gasteiger partial charge in [-0.25, -0.2) is 0 Å². The van der Waals surface area contributed by atoms with Crippen LogP contribution in [0, 0.1) is 11.8 Å². The van der Waals surface area contributed by atoms with Gasteiger partial charge in [0.2, 0.25) is 11.8 Å². The molecule has 2 atom stereocenters. The van der Waals surface area contributed by atoms with Crippen LogP contribution in [0.3, 0.4) is 0 Å². The van der Waals surface area contributed by atoms with E-state index in [-0.39, 0.29) is 23.7 Å². The Bertz CT molecular complexity index is 542. The number of piperidine rings is 1. The van der Waals surface area contributed by atoms with Gasteiger partial charge in [-0.05, 0) is 30.7 Å². The lowest BCUT2D eigenvalue weighted by Gasteiger charge is -2.35. The van der Waals surface area contributed by atoms with Crippen molar-refractivity contribution >= 4 is 11.8 Å². The van der Waals surface area contributed by atoms with Crippen LogP contribution in [0.15, 0.2) is 30.3 Å². The monoisotopic (exact) mass is 330 g/mol. The van der Waals surface area contributed by atoms with E-state index in [0.29, 0.717) is 12.5 Å². The maximum Gasteiger partial charge on any atom is 0.230 e. The van der Waals surface area contributed by atoms with Crippen molar-refractivity contribution in [1.29, 1.82) is 0 Å². The minimum absolute atomic E-state index is 0.00822. The van der Waals surface area contributed by atoms with E-state index in [2.05, 4.69) is 12.2 Å². The molecule has 0 bridgehead atoms. The molecule has 1 N–H and O–H groups in total. The number of carbonyl (C=O) groups excluding carboxylic acids is 2. The van der Waals surface area contributed by atoms with E-state index in [9.17, 15) is 9.59 Å². The molecule has 2 amide bonds. The van der Waals surface area contributed by atoms with Crippen molar-refractivity contribution in [3.63, 3.8) is 0 Å².